The Morgan fingerprint density at radius 3 is 2.49 bits per heavy atom. The van der Waals surface area contributed by atoms with Crippen molar-refractivity contribution in [1.29, 1.82) is 5.26 Å². The molecule has 190 valence electrons. The maximum atomic E-state index is 9.08. The van der Waals surface area contributed by atoms with Crippen LogP contribution in [0.5, 0.6) is 0 Å². The van der Waals surface area contributed by atoms with Crippen molar-refractivity contribution in [3.8, 4) is 17.5 Å². The maximum Gasteiger partial charge on any atom is 0.138 e. The van der Waals surface area contributed by atoms with Gasteiger partial charge >= 0.3 is 0 Å². The second-order valence-electron chi connectivity index (χ2n) is 10.6. The number of likely N-dealkylation sites (tertiary alicyclic amines) is 1. The van der Waals surface area contributed by atoms with Gasteiger partial charge in [-0.05, 0) is 86.8 Å². The molecule has 1 atom stereocenters. The van der Waals surface area contributed by atoms with Crippen LogP contribution < -0.4 is 5.32 Å². The molecular formula is C32H37N5. The van der Waals surface area contributed by atoms with Gasteiger partial charge in [0, 0.05) is 54.3 Å². The van der Waals surface area contributed by atoms with Crippen molar-refractivity contribution >= 4 is 5.70 Å². The summed E-state index contributed by atoms with van der Waals surface area (Å²) in [5, 5.41) is 12.3. The quantitative estimate of drug-likeness (QED) is 0.427. The highest BCUT2D eigenvalue weighted by atomic mass is 15.1. The lowest BCUT2D eigenvalue weighted by Crippen LogP contribution is -2.31. The molecule has 0 bridgehead atoms. The average Bonchev–Trinajstić information content (AvgIpc) is 3.35. The number of hydrogen-bond acceptors (Lipinski definition) is 4. The van der Waals surface area contributed by atoms with Crippen molar-refractivity contribution in [2.75, 3.05) is 20.1 Å². The molecule has 1 fully saturated rings. The normalized spacial score (nSPS) is 17.7. The van der Waals surface area contributed by atoms with Gasteiger partial charge in [0.1, 0.15) is 5.82 Å². The zero-order chi connectivity index (χ0) is 26.1. The number of piperidine rings is 1. The first-order valence-electron chi connectivity index (χ1n) is 13.4. The zero-order valence-corrected chi connectivity index (χ0v) is 22.3. The second kappa shape index (κ2) is 10.3. The van der Waals surface area contributed by atoms with Gasteiger partial charge in [-0.1, -0.05) is 31.4 Å². The molecule has 1 unspecified atom stereocenters. The van der Waals surface area contributed by atoms with Crippen molar-refractivity contribution in [2.24, 2.45) is 5.92 Å². The van der Waals surface area contributed by atoms with Gasteiger partial charge in [-0.25, -0.2) is 4.98 Å². The van der Waals surface area contributed by atoms with Crippen molar-refractivity contribution < 1.29 is 0 Å². The van der Waals surface area contributed by atoms with Crippen molar-refractivity contribution in [3.63, 3.8) is 0 Å². The Morgan fingerprint density at radius 2 is 1.81 bits per heavy atom. The van der Waals surface area contributed by atoms with Crippen LogP contribution in [0.25, 0.3) is 17.1 Å². The summed E-state index contributed by atoms with van der Waals surface area (Å²) in [4.78, 5) is 11.1. The largest absolute Gasteiger partial charge is 0.392 e. The van der Waals surface area contributed by atoms with Crippen LogP contribution in [0.1, 0.15) is 64.4 Å². The Balaban J connectivity index is 1.33. The van der Waals surface area contributed by atoms with Gasteiger partial charge < -0.3 is 15.2 Å². The van der Waals surface area contributed by atoms with Crippen LogP contribution in [0.3, 0.4) is 0 Å². The lowest BCUT2D eigenvalue weighted by atomic mass is 9.88. The highest BCUT2D eigenvalue weighted by Gasteiger charge is 2.26. The first-order chi connectivity index (χ1) is 17.9. The van der Waals surface area contributed by atoms with Crippen molar-refractivity contribution in [1.82, 2.24) is 20.2 Å². The molecule has 2 aliphatic rings. The number of H-pyrrole nitrogens is 1. The minimum Gasteiger partial charge on any atom is -0.392 e. The average molecular weight is 492 g/mol. The van der Waals surface area contributed by atoms with Crippen LogP contribution in [0.4, 0.5) is 0 Å². The molecule has 0 amide bonds. The lowest BCUT2D eigenvalue weighted by Gasteiger charge is -2.35. The maximum absolute atomic E-state index is 9.08. The molecule has 3 aromatic rings. The number of benzene rings is 2. The van der Waals surface area contributed by atoms with Crippen molar-refractivity contribution in [3.05, 3.63) is 94.5 Å². The van der Waals surface area contributed by atoms with Crippen LogP contribution >= 0.6 is 0 Å². The topological polar surface area (TPSA) is 67.7 Å². The fraction of sp³-hybridized carbons (Fsp3) is 0.375. The number of nitrogens with zero attached hydrogens (tertiary/aromatic N) is 3. The van der Waals surface area contributed by atoms with E-state index >= 15 is 0 Å². The third-order valence-electron chi connectivity index (χ3n) is 8.38. The number of aromatic nitrogens is 2. The van der Waals surface area contributed by atoms with Gasteiger partial charge in [-0.3, -0.25) is 0 Å². The molecular weight excluding hydrogens is 454 g/mol. The van der Waals surface area contributed by atoms with Gasteiger partial charge in [0.25, 0.3) is 0 Å². The first kappa shape index (κ1) is 24.9. The smallest absolute Gasteiger partial charge is 0.138 e. The number of hydrogen-bond donors (Lipinski definition) is 2. The number of aryl methyl sites for hydroxylation is 3. The third-order valence-corrected chi connectivity index (χ3v) is 8.38. The minimum absolute atomic E-state index is 0.451. The minimum atomic E-state index is 0.451. The van der Waals surface area contributed by atoms with Gasteiger partial charge in [0.2, 0.25) is 0 Å². The predicted octanol–water partition coefficient (Wildman–Crippen LogP) is 6.25. The third kappa shape index (κ3) is 4.93. The standard InChI is InChI=1S/C32H37N5/c1-20-16-21(2)29(32-35-30-11-10-27(22(3)34-5)17-31(30)36-32)18-28(20)23(4)37-14-12-26(13-15-37)25-8-6-24(19-33)7-9-25/h6-9,16,18,26-27,34H,3-4,10-15,17H2,1-2,5H3,(H,35,36). The Labute approximate surface area is 220 Å². The summed E-state index contributed by atoms with van der Waals surface area (Å²) in [7, 11) is 1.95. The number of nitriles is 1. The summed E-state index contributed by atoms with van der Waals surface area (Å²) in [6.45, 7) is 15.1. The summed E-state index contributed by atoms with van der Waals surface area (Å²) in [5.74, 6) is 1.95. The van der Waals surface area contributed by atoms with Gasteiger partial charge in [0.05, 0.1) is 17.3 Å². The Kier molecular flexibility index (Phi) is 6.93. The SMILES string of the molecule is C=C(NC)C1CCc2nc(-c3cc(C(=C)N4CCC(c5ccc(C#N)cc5)CC4)c(C)cc3C)[nH]c2C1. The molecule has 1 aromatic heterocycles. The second-order valence-corrected chi connectivity index (χ2v) is 10.6. The summed E-state index contributed by atoms with van der Waals surface area (Å²) in [5.41, 5.74) is 11.5. The van der Waals surface area contributed by atoms with Gasteiger partial charge in [-0.15, -0.1) is 0 Å². The van der Waals surface area contributed by atoms with Crippen LogP contribution in [0, 0.1) is 31.1 Å². The summed E-state index contributed by atoms with van der Waals surface area (Å²) in [6, 6.07) is 14.9. The fourth-order valence-electron chi connectivity index (χ4n) is 6.01. The lowest BCUT2D eigenvalue weighted by molar-refractivity contribution is 0.299. The molecule has 0 radical (unpaired) electrons. The number of nitrogens with one attached hydrogen (secondary N) is 2. The number of aromatic amines is 1. The van der Waals surface area contributed by atoms with Gasteiger partial charge in [0.15, 0.2) is 0 Å². The van der Waals surface area contributed by atoms with E-state index in [1.54, 1.807) is 0 Å². The molecule has 1 aliphatic carbocycles. The summed E-state index contributed by atoms with van der Waals surface area (Å²) in [6.07, 6.45) is 5.21. The van der Waals surface area contributed by atoms with Gasteiger partial charge in [-0.2, -0.15) is 5.26 Å². The highest BCUT2D eigenvalue weighted by molar-refractivity contribution is 5.73. The van der Waals surface area contributed by atoms with Crippen LogP contribution in [-0.2, 0) is 12.8 Å². The molecule has 37 heavy (non-hydrogen) atoms. The van der Waals surface area contributed by atoms with E-state index < -0.39 is 0 Å². The fourth-order valence-corrected chi connectivity index (χ4v) is 6.01. The Morgan fingerprint density at radius 1 is 1.08 bits per heavy atom. The van der Waals surface area contributed by atoms with E-state index in [-0.39, 0.29) is 0 Å². The predicted molar refractivity (Wildman–Crippen MR) is 151 cm³/mol. The molecule has 0 saturated carbocycles. The van der Waals surface area contributed by atoms with E-state index in [2.05, 4.69) is 72.5 Å². The van der Waals surface area contributed by atoms with E-state index in [1.807, 2.05) is 19.2 Å². The molecule has 2 heterocycles. The molecule has 1 aliphatic heterocycles. The monoisotopic (exact) mass is 491 g/mol. The van der Waals surface area contributed by atoms with E-state index in [4.69, 9.17) is 10.2 Å². The number of rotatable bonds is 6. The molecule has 2 N–H and O–H groups in total. The molecule has 5 nitrogen and oxygen atoms in total. The molecule has 5 rings (SSSR count). The van der Waals surface area contributed by atoms with E-state index in [0.29, 0.717) is 11.8 Å². The first-order valence-corrected chi connectivity index (χ1v) is 13.4. The number of fused-ring (bicyclic) bond motifs is 1. The van der Waals surface area contributed by atoms with E-state index in [1.165, 1.54) is 33.6 Å². The van der Waals surface area contributed by atoms with Crippen LogP contribution in [-0.4, -0.2) is 35.0 Å². The van der Waals surface area contributed by atoms with Crippen LogP contribution in [0.15, 0.2) is 55.3 Å². The van der Waals surface area contributed by atoms with Crippen molar-refractivity contribution in [2.45, 2.75) is 51.9 Å². The molecule has 0 spiro atoms. The number of imidazole rings is 1. The molecule has 1 saturated heterocycles. The molecule has 2 aromatic carbocycles. The molecule has 5 heteroatoms. The number of allylic oxidation sites excluding steroid dienone is 1. The van der Waals surface area contributed by atoms with E-state index in [9.17, 15) is 0 Å². The highest BCUT2D eigenvalue weighted by Crippen LogP contribution is 2.36. The van der Waals surface area contributed by atoms with E-state index in [0.717, 1.165) is 73.5 Å². The summed E-state index contributed by atoms with van der Waals surface area (Å²) >= 11 is 0. The Hall–Kier alpha value is -3.78. The summed E-state index contributed by atoms with van der Waals surface area (Å²) < 4.78 is 0. The Bertz CT molecular complexity index is 1360. The van der Waals surface area contributed by atoms with Crippen LogP contribution in [0.2, 0.25) is 0 Å². The zero-order valence-electron chi connectivity index (χ0n) is 22.3.